The third-order valence-corrected chi connectivity index (χ3v) is 5.10. The highest BCUT2D eigenvalue weighted by molar-refractivity contribution is 7.13. The fourth-order valence-electron chi connectivity index (χ4n) is 3.07. The molecule has 1 aliphatic rings. The molecule has 0 spiro atoms. The van der Waals surface area contributed by atoms with E-state index >= 15 is 0 Å². The Bertz CT molecular complexity index is 735. The first-order valence-corrected chi connectivity index (χ1v) is 7.93. The van der Waals surface area contributed by atoms with Gasteiger partial charge in [-0.05, 0) is 23.0 Å². The largest absolute Gasteiger partial charge is 0.294 e. The minimum Gasteiger partial charge on any atom is -0.294 e. The van der Waals surface area contributed by atoms with Crippen molar-refractivity contribution in [3.05, 3.63) is 56.8 Å². The van der Waals surface area contributed by atoms with E-state index < -0.39 is 0 Å². The Morgan fingerprint density at radius 2 is 1.95 bits per heavy atom. The second-order valence-electron chi connectivity index (χ2n) is 6.42. The number of benzene rings is 1. The number of nitrogens with zero attached hydrogens (tertiary/aromatic N) is 1. The maximum Gasteiger partial charge on any atom is 0.164 e. The number of ketones is 1. The molecule has 0 amide bonds. The summed E-state index contributed by atoms with van der Waals surface area (Å²) < 4.78 is 0. The Morgan fingerprint density at radius 3 is 2.62 bits per heavy atom. The fraction of sp³-hybridized carbons (Fsp3) is 0.333. The SMILES string of the molecule is CC1(C)CC(=O)c2c(Cc3ccccc3)sc(C#N)c2C1. The molecule has 3 heteroatoms. The van der Waals surface area contributed by atoms with Gasteiger partial charge in [-0.2, -0.15) is 5.26 Å². The minimum absolute atomic E-state index is 0.0409. The summed E-state index contributed by atoms with van der Waals surface area (Å²) in [5, 5.41) is 9.38. The van der Waals surface area contributed by atoms with E-state index in [0.29, 0.717) is 6.42 Å². The number of nitriles is 1. The number of carbonyl (C=O) groups excluding carboxylic acids is 1. The number of Topliss-reactive ketones (excluding diaryl/α,β-unsaturated/α-hetero) is 1. The van der Waals surface area contributed by atoms with Crippen molar-refractivity contribution in [3.63, 3.8) is 0 Å². The zero-order chi connectivity index (χ0) is 15.0. The van der Waals surface area contributed by atoms with E-state index in [-0.39, 0.29) is 11.2 Å². The maximum absolute atomic E-state index is 12.5. The number of hydrogen-bond acceptors (Lipinski definition) is 3. The van der Waals surface area contributed by atoms with E-state index in [0.717, 1.165) is 33.7 Å². The average Bonchev–Trinajstić information content (AvgIpc) is 2.76. The van der Waals surface area contributed by atoms with Crippen molar-refractivity contribution >= 4 is 17.1 Å². The lowest BCUT2D eigenvalue weighted by Gasteiger charge is -2.29. The molecule has 0 saturated carbocycles. The van der Waals surface area contributed by atoms with Crippen molar-refractivity contribution in [1.82, 2.24) is 0 Å². The lowest BCUT2D eigenvalue weighted by Crippen LogP contribution is -2.27. The Labute approximate surface area is 129 Å². The molecule has 1 heterocycles. The molecule has 0 N–H and O–H groups in total. The van der Waals surface area contributed by atoms with Gasteiger partial charge in [-0.25, -0.2) is 0 Å². The fourth-order valence-corrected chi connectivity index (χ4v) is 4.24. The maximum atomic E-state index is 12.5. The summed E-state index contributed by atoms with van der Waals surface area (Å²) >= 11 is 1.49. The number of fused-ring (bicyclic) bond motifs is 1. The monoisotopic (exact) mass is 295 g/mol. The third-order valence-electron chi connectivity index (χ3n) is 3.96. The van der Waals surface area contributed by atoms with Gasteiger partial charge >= 0.3 is 0 Å². The zero-order valence-corrected chi connectivity index (χ0v) is 13.1. The average molecular weight is 295 g/mol. The van der Waals surface area contributed by atoms with Crippen LogP contribution in [0, 0.1) is 16.7 Å². The predicted octanol–water partition coefficient (Wildman–Crippen LogP) is 4.37. The van der Waals surface area contributed by atoms with Gasteiger partial charge in [0.2, 0.25) is 0 Å². The van der Waals surface area contributed by atoms with Gasteiger partial charge in [-0.1, -0.05) is 44.2 Å². The van der Waals surface area contributed by atoms with Crippen molar-refractivity contribution in [3.8, 4) is 6.07 Å². The highest BCUT2D eigenvalue weighted by Gasteiger charge is 2.35. The van der Waals surface area contributed by atoms with Crippen LogP contribution in [0.15, 0.2) is 30.3 Å². The van der Waals surface area contributed by atoms with Crippen LogP contribution in [0.4, 0.5) is 0 Å². The first kappa shape index (κ1) is 14.0. The molecule has 1 aliphatic carbocycles. The smallest absolute Gasteiger partial charge is 0.164 e. The van der Waals surface area contributed by atoms with Crippen LogP contribution in [-0.2, 0) is 12.8 Å². The molecule has 0 radical (unpaired) electrons. The predicted molar refractivity (Wildman–Crippen MR) is 84.7 cm³/mol. The Morgan fingerprint density at radius 1 is 1.24 bits per heavy atom. The first-order chi connectivity index (χ1) is 10.00. The van der Waals surface area contributed by atoms with Crippen molar-refractivity contribution in [2.24, 2.45) is 5.41 Å². The molecule has 0 fully saturated rings. The molecule has 0 unspecified atom stereocenters. The summed E-state index contributed by atoms with van der Waals surface area (Å²) in [5.41, 5.74) is 2.96. The van der Waals surface area contributed by atoms with E-state index in [9.17, 15) is 10.1 Å². The van der Waals surface area contributed by atoms with Crippen LogP contribution in [0.5, 0.6) is 0 Å². The van der Waals surface area contributed by atoms with Gasteiger partial charge in [0, 0.05) is 23.3 Å². The van der Waals surface area contributed by atoms with Crippen LogP contribution in [0.25, 0.3) is 0 Å². The van der Waals surface area contributed by atoms with Gasteiger partial charge in [-0.3, -0.25) is 4.79 Å². The summed E-state index contributed by atoms with van der Waals surface area (Å²) in [4.78, 5) is 14.3. The van der Waals surface area contributed by atoms with Crippen LogP contribution < -0.4 is 0 Å². The summed E-state index contributed by atoms with van der Waals surface area (Å²) in [7, 11) is 0. The van der Waals surface area contributed by atoms with Gasteiger partial charge in [0.05, 0.1) is 0 Å². The van der Waals surface area contributed by atoms with Crippen LogP contribution in [0.1, 0.15) is 51.5 Å². The van der Waals surface area contributed by atoms with E-state index in [1.165, 1.54) is 16.9 Å². The quantitative estimate of drug-likeness (QED) is 0.825. The zero-order valence-electron chi connectivity index (χ0n) is 12.3. The molecule has 0 aliphatic heterocycles. The molecule has 106 valence electrons. The van der Waals surface area contributed by atoms with Crippen molar-refractivity contribution in [2.45, 2.75) is 33.1 Å². The standard InChI is InChI=1S/C18H17NOS/c1-18(2)9-13-16(11-19)21-15(17(13)14(20)10-18)8-12-6-4-3-5-7-12/h3-7H,8-10H2,1-2H3. The summed E-state index contributed by atoms with van der Waals surface area (Å²) in [6.07, 6.45) is 2.13. The number of thiophene rings is 1. The summed E-state index contributed by atoms with van der Waals surface area (Å²) in [5.74, 6) is 0.199. The van der Waals surface area contributed by atoms with Gasteiger partial charge in [0.15, 0.2) is 5.78 Å². The molecule has 0 bridgehead atoms. The third kappa shape index (κ3) is 2.64. The number of rotatable bonds is 2. The molecule has 0 saturated heterocycles. The molecule has 3 rings (SSSR count). The van der Waals surface area contributed by atoms with Gasteiger partial charge < -0.3 is 0 Å². The van der Waals surface area contributed by atoms with Gasteiger partial charge in [0.1, 0.15) is 10.9 Å². The minimum atomic E-state index is -0.0409. The lowest BCUT2D eigenvalue weighted by atomic mass is 9.73. The van der Waals surface area contributed by atoms with E-state index in [2.05, 4.69) is 32.0 Å². The van der Waals surface area contributed by atoms with Gasteiger partial charge in [-0.15, -0.1) is 11.3 Å². The first-order valence-electron chi connectivity index (χ1n) is 7.12. The summed E-state index contributed by atoms with van der Waals surface area (Å²) in [6, 6.07) is 12.4. The Kier molecular flexibility index (Phi) is 3.43. The lowest BCUT2D eigenvalue weighted by molar-refractivity contribution is 0.0912. The van der Waals surface area contributed by atoms with E-state index in [1.54, 1.807) is 0 Å². The highest BCUT2D eigenvalue weighted by Crippen LogP contribution is 2.41. The molecule has 1 aromatic heterocycles. The Balaban J connectivity index is 2.07. The number of hydrogen-bond donors (Lipinski definition) is 0. The molecule has 2 nitrogen and oxygen atoms in total. The van der Waals surface area contributed by atoms with Crippen LogP contribution in [-0.4, -0.2) is 5.78 Å². The normalized spacial score (nSPS) is 16.3. The van der Waals surface area contributed by atoms with Crippen molar-refractivity contribution in [2.75, 3.05) is 0 Å². The number of carbonyl (C=O) groups is 1. The van der Waals surface area contributed by atoms with E-state index in [1.807, 2.05) is 18.2 Å². The van der Waals surface area contributed by atoms with E-state index in [4.69, 9.17) is 0 Å². The highest BCUT2D eigenvalue weighted by atomic mass is 32.1. The topological polar surface area (TPSA) is 40.9 Å². The van der Waals surface area contributed by atoms with Crippen LogP contribution in [0.2, 0.25) is 0 Å². The molecular formula is C18H17NOS. The molecule has 2 aromatic rings. The second kappa shape index (κ2) is 5.13. The Hall–Kier alpha value is -1.92. The van der Waals surface area contributed by atoms with Crippen molar-refractivity contribution in [1.29, 1.82) is 5.26 Å². The second-order valence-corrected chi connectivity index (χ2v) is 7.53. The molecule has 0 atom stereocenters. The van der Waals surface area contributed by atoms with Crippen LogP contribution in [0.3, 0.4) is 0 Å². The summed E-state index contributed by atoms with van der Waals surface area (Å²) in [6.45, 7) is 4.20. The molecule has 21 heavy (non-hydrogen) atoms. The van der Waals surface area contributed by atoms with Gasteiger partial charge in [0.25, 0.3) is 0 Å². The molecule has 1 aromatic carbocycles. The van der Waals surface area contributed by atoms with Crippen molar-refractivity contribution < 1.29 is 4.79 Å². The molecular weight excluding hydrogens is 278 g/mol. The van der Waals surface area contributed by atoms with Crippen LogP contribution >= 0.6 is 11.3 Å².